The van der Waals surface area contributed by atoms with Gasteiger partial charge in [-0.2, -0.15) is 0 Å². The molecule has 5 rings (SSSR count). The van der Waals surface area contributed by atoms with E-state index in [0.29, 0.717) is 22.3 Å². The molecule has 8 heteroatoms. The Kier molecular flexibility index (Phi) is 6.52. The van der Waals surface area contributed by atoms with E-state index in [2.05, 4.69) is 22.0 Å². The Morgan fingerprint density at radius 1 is 0.971 bits per heavy atom. The number of thiazole rings is 1. The third-order valence-corrected chi connectivity index (χ3v) is 7.43. The van der Waals surface area contributed by atoms with Crippen molar-refractivity contribution in [2.75, 3.05) is 5.32 Å². The summed E-state index contributed by atoms with van der Waals surface area (Å²) in [4.78, 5) is 13.5. The Hall–Kier alpha value is -3.32. The molecule has 0 fully saturated rings. The van der Waals surface area contributed by atoms with Crippen LogP contribution in [0.2, 0.25) is 10.0 Å². The molecule has 0 atom stereocenters. The van der Waals surface area contributed by atoms with Crippen molar-refractivity contribution < 1.29 is 4.57 Å². The van der Waals surface area contributed by atoms with Gasteiger partial charge in [0.1, 0.15) is 12.2 Å². The minimum absolute atomic E-state index is 0.109. The van der Waals surface area contributed by atoms with Crippen LogP contribution in [0.4, 0.5) is 10.8 Å². The van der Waals surface area contributed by atoms with Crippen LogP contribution in [-0.2, 0) is 13.6 Å². The molecule has 5 nitrogen and oxygen atoms in total. The lowest BCUT2D eigenvalue weighted by Crippen LogP contribution is -2.37. The van der Waals surface area contributed by atoms with Crippen LogP contribution in [0.15, 0.2) is 89.0 Å². The predicted molar refractivity (Wildman–Crippen MR) is 145 cm³/mol. The highest BCUT2D eigenvalue weighted by Gasteiger charge is 2.26. The average molecular weight is 522 g/mol. The number of hydrogen-bond acceptors (Lipinski definition) is 3. The van der Waals surface area contributed by atoms with E-state index in [0.717, 1.165) is 33.3 Å². The van der Waals surface area contributed by atoms with E-state index in [-0.39, 0.29) is 5.56 Å². The van der Waals surface area contributed by atoms with Crippen LogP contribution in [0.1, 0.15) is 11.3 Å². The highest BCUT2D eigenvalue weighted by atomic mass is 35.5. The molecule has 1 N–H and O–H groups in total. The third-order valence-electron chi connectivity index (χ3n) is 5.99. The first-order chi connectivity index (χ1) is 16.9. The highest BCUT2D eigenvalue weighted by Crippen LogP contribution is 2.32. The van der Waals surface area contributed by atoms with Gasteiger partial charge in [-0.15, -0.1) is 0 Å². The van der Waals surface area contributed by atoms with E-state index >= 15 is 0 Å². The zero-order valence-electron chi connectivity index (χ0n) is 19.2. The number of benzene rings is 3. The maximum absolute atomic E-state index is 13.5. The van der Waals surface area contributed by atoms with E-state index in [1.165, 1.54) is 11.3 Å². The number of nitrogens with one attached hydrogen (secondary N) is 1. The minimum Gasteiger partial charge on any atom is -0.281 e. The summed E-state index contributed by atoms with van der Waals surface area (Å²) in [5.41, 5.74) is 5.04. The van der Waals surface area contributed by atoms with Crippen molar-refractivity contribution in [1.29, 1.82) is 0 Å². The molecule has 2 heterocycles. The SMILES string of the molecule is Cc1c(Nc2scc(-c3ccc(Cl)cc3Cl)[n+]2Cc2ccccc2)c(=O)n(-c2ccccc2)n1C. The van der Waals surface area contributed by atoms with Crippen LogP contribution in [-0.4, -0.2) is 9.36 Å². The molecular formula is C27H23Cl2N4OS+. The summed E-state index contributed by atoms with van der Waals surface area (Å²) >= 11 is 14.3. The summed E-state index contributed by atoms with van der Waals surface area (Å²) in [5, 5.41) is 7.49. The van der Waals surface area contributed by atoms with Gasteiger partial charge in [-0.25, -0.2) is 14.6 Å². The molecule has 3 aromatic carbocycles. The van der Waals surface area contributed by atoms with E-state index in [1.54, 1.807) is 10.7 Å². The first kappa shape index (κ1) is 23.4. The van der Waals surface area contributed by atoms with Crippen molar-refractivity contribution in [3.8, 4) is 16.9 Å². The Bertz CT molecular complexity index is 1560. The maximum atomic E-state index is 13.5. The number of rotatable bonds is 6. The lowest BCUT2D eigenvalue weighted by atomic mass is 10.1. The molecule has 0 saturated carbocycles. The molecule has 0 amide bonds. The minimum atomic E-state index is -0.109. The van der Waals surface area contributed by atoms with Crippen molar-refractivity contribution in [1.82, 2.24) is 9.36 Å². The van der Waals surface area contributed by atoms with Crippen molar-refractivity contribution in [2.24, 2.45) is 7.05 Å². The molecular weight excluding hydrogens is 499 g/mol. The summed E-state index contributed by atoms with van der Waals surface area (Å²) in [6, 6.07) is 25.3. The zero-order valence-corrected chi connectivity index (χ0v) is 21.5. The number of nitrogens with zero attached hydrogens (tertiary/aromatic N) is 3. The van der Waals surface area contributed by atoms with Crippen LogP contribution >= 0.6 is 34.5 Å². The Balaban J connectivity index is 1.62. The second-order valence-corrected chi connectivity index (χ2v) is 9.89. The molecule has 0 aliphatic carbocycles. The number of halogens is 2. The van der Waals surface area contributed by atoms with Gasteiger partial charge in [0.2, 0.25) is 5.69 Å². The van der Waals surface area contributed by atoms with Gasteiger partial charge >= 0.3 is 10.7 Å². The summed E-state index contributed by atoms with van der Waals surface area (Å²) in [7, 11) is 1.89. The van der Waals surface area contributed by atoms with Crippen LogP contribution in [0.3, 0.4) is 0 Å². The smallest absolute Gasteiger partial charge is 0.281 e. The Morgan fingerprint density at radius 2 is 1.66 bits per heavy atom. The number of aromatic nitrogens is 3. The van der Waals surface area contributed by atoms with Crippen LogP contribution in [0.25, 0.3) is 16.9 Å². The number of para-hydroxylation sites is 1. The van der Waals surface area contributed by atoms with E-state index < -0.39 is 0 Å². The Labute approximate surface area is 217 Å². The normalized spacial score (nSPS) is 11.1. The van der Waals surface area contributed by atoms with Gasteiger partial charge in [0.25, 0.3) is 0 Å². The van der Waals surface area contributed by atoms with Gasteiger partial charge in [-0.05, 0) is 42.8 Å². The lowest BCUT2D eigenvalue weighted by molar-refractivity contribution is -0.659. The lowest BCUT2D eigenvalue weighted by Gasteiger charge is -2.08. The standard InChI is InChI=1S/C27H22Cl2N4OS/c1-18-25(26(34)33(31(18)2)21-11-7-4-8-12-21)30-27-32(16-19-9-5-3-6-10-19)24(17-35-27)22-14-13-20(28)15-23(22)29/h3-15,17H,16H2,1-2H3/p+1. The Morgan fingerprint density at radius 3 is 2.34 bits per heavy atom. The monoisotopic (exact) mass is 521 g/mol. The summed E-state index contributed by atoms with van der Waals surface area (Å²) in [6.45, 7) is 2.55. The molecule has 0 unspecified atom stereocenters. The van der Waals surface area contributed by atoms with Gasteiger partial charge in [0.05, 0.1) is 16.4 Å². The fraction of sp³-hybridized carbons (Fsp3) is 0.111. The van der Waals surface area contributed by atoms with Crippen LogP contribution in [0.5, 0.6) is 0 Å². The van der Waals surface area contributed by atoms with Crippen molar-refractivity contribution in [3.05, 3.63) is 116 Å². The third kappa shape index (κ3) is 4.52. The molecule has 176 valence electrons. The van der Waals surface area contributed by atoms with E-state index in [9.17, 15) is 4.79 Å². The largest absolute Gasteiger partial charge is 0.339 e. The summed E-state index contributed by atoms with van der Waals surface area (Å²) in [6.07, 6.45) is 0. The topological polar surface area (TPSA) is 42.8 Å². The fourth-order valence-corrected chi connectivity index (χ4v) is 5.53. The van der Waals surface area contributed by atoms with Crippen molar-refractivity contribution in [3.63, 3.8) is 0 Å². The van der Waals surface area contributed by atoms with Gasteiger partial charge in [0, 0.05) is 23.0 Å². The number of anilines is 2. The summed E-state index contributed by atoms with van der Waals surface area (Å²) < 4.78 is 5.68. The fourth-order valence-electron chi connectivity index (χ4n) is 4.09. The molecule has 0 saturated heterocycles. The molecule has 0 radical (unpaired) electrons. The van der Waals surface area contributed by atoms with Gasteiger partial charge in [-0.1, -0.05) is 83.1 Å². The molecule has 35 heavy (non-hydrogen) atoms. The molecule has 0 aliphatic rings. The quantitative estimate of drug-likeness (QED) is 0.256. The van der Waals surface area contributed by atoms with Gasteiger partial charge < -0.3 is 0 Å². The van der Waals surface area contributed by atoms with E-state index in [4.69, 9.17) is 23.2 Å². The van der Waals surface area contributed by atoms with Crippen molar-refractivity contribution in [2.45, 2.75) is 13.5 Å². The second kappa shape index (κ2) is 9.74. The molecule has 0 spiro atoms. The van der Waals surface area contributed by atoms with Crippen molar-refractivity contribution >= 4 is 45.4 Å². The molecule has 0 bridgehead atoms. The zero-order chi connectivity index (χ0) is 24.5. The van der Waals surface area contributed by atoms with E-state index in [1.807, 2.05) is 84.7 Å². The molecule has 0 aliphatic heterocycles. The second-order valence-electron chi connectivity index (χ2n) is 8.18. The first-order valence-corrected chi connectivity index (χ1v) is 12.7. The maximum Gasteiger partial charge on any atom is 0.339 e. The highest BCUT2D eigenvalue weighted by molar-refractivity contribution is 7.13. The van der Waals surface area contributed by atoms with Crippen LogP contribution in [0, 0.1) is 6.92 Å². The first-order valence-electron chi connectivity index (χ1n) is 11.1. The molecule has 5 aromatic rings. The predicted octanol–water partition coefficient (Wildman–Crippen LogP) is 6.60. The van der Waals surface area contributed by atoms with Gasteiger partial charge in [0.15, 0.2) is 0 Å². The summed E-state index contributed by atoms with van der Waals surface area (Å²) in [5.74, 6) is 0. The number of hydrogen-bond donors (Lipinski definition) is 1. The van der Waals surface area contributed by atoms with Crippen LogP contribution < -0.4 is 15.4 Å². The average Bonchev–Trinajstić information content (AvgIpc) is 3.34. The molecule has 2 aromatic heterocycles. The van der Waals surface area contributed by atoms with Gasteiger partial charge in [-0.3, -0.25) is 9.48 Å².